The minimum atomic E-state index is -0.668. The van der Waals surface area contributed by atoms with Crippen molar-refractivity contribution in [3.63, 3.8) is 0 Å². The summed E-state index contributed by atoms with van der Waals surface area (Å²) in [5.74, 6) is 0.455. The normalized spacial score (nSPS) is 30.1. The second kappa shape index (κ2) is 4.85. The van der Waals surface area contributed by atoms with Crippen molar-refractivity contribution >= 4 is 5.97 Å². The molecule has 2 heterocycles. The van der Waals surface area contributed by atoms with Crippen molar-refractivity contribution in [2.75, 3.05) is 19.7 Å². The zero-order valence-electron chi connectivity index (χ0n) is 11.1. The van der Waals surface area contributed by atoms with Crippen LogP contribution in [0.2, 0.25) is 0 Å². The van der Waals surface area contributed by atoms with Crippen LogP contribution in [-0.4, -0.2) is 41.7 Å². The van der Waals surface area contributed by atoms with Crippen LogP contribution in [0.5, 0.6) is 5.75 Å². The maximum absolute atomic E-state index is 11.1. The molecule has 4 heteroatoms. The van der Waals surface area contributed by atoms with Gasteiger partial charge in [0.25, 0.3) is 0 Å². The van der Waals surface area contributed by atoms with Gasteiger partial charge in [-0.3, -0.25) is 9.69 Å². The van der Waals surface area contributed by atoms with Crippen molar-refractivity contribution in [3.05, 3.63) is 29.8 Å². The summed E-state index contributed by atoms with van der Waals surface area (Å²) in [6.45, 7) is 4.49. The Hall–Kier alpha value is -1.55. The number of benzene rings is 1. The van der Waals surface area contributed by atoms with Crippen LogP contribution in [0.25, 0.3) is 0 Å². The number of ether oxygens (including phenoxy) is 1. The lowest BCUT2D eigenvalue weighted by molar-refractivity contribution is -0.142. The molecule has 4 nitrogen and oxygen atoms in total. The fraction of sp³-hybridized carbons (Fsp3) is 0.533. The first kappa shape index (κ1) is 12.5. The number of hydrogen-bond donors (Lipinski definition) is 1. The van der Waals surface area contributed by atoms with E-state index in [0.717, 1.165) is 25.3 Å². The first-order valence-corrected chi connectivity index (χ1v) is 6.85. The Kier molecular flexibility index (Phi) is 3.19. The number of carbonyl (C=O) groups is 1. The molecule has 3 rings (SSSR count). The van der Waals surface area contributed by atoms with Gasteiger partial charge in [-0.2, -0.15) is 0 Å². The lowest BCUT2D eigenvalue weighted by Gasteiger charge is -2.25. The van der Waals surface area contributed by atoms with Gasteiger partial charge < -0.3 is 9.84 Å². The van der Waals surface area contributed by atoms with E-state index in [2.05, 4.69) is 11.0 Å². The molecular formula is C15H19NO3. The zero-order chi connectivity index (χ0) is 13.4. The number of aliphatic carboxylic acids is 1. The van der Waals surface area contributed by atoms with Gasteiger partial charge in [0.05, 0.1) is 12.5 Å². The van der Waals surface area contributed by atoms with Crippen molar-refractivity contribution in [3.8, 4) is 5.75 Å². The van der Waals surface area contributed by atoms with E-state index in [1.165, 1.54) is 5.56 Å². The van der Waals surface area contributed by atoms with Crippen LogP contribution < -0.4 is 4.74 Å². The average Bonchev–Trinajstić information content (AvgIpc) is 2.96. The number of carboxylic acid groups (broad SMARTS) is 1. The molecule has 1 saturated heterocycles. The average molecular weight is 261 g/mol. The van der Waals surface area contributed by atoms with Gasteiger partial charge in [0.15, 0.2) is 0 Å². The smallest absolute Gasteiger partial charge is 0.308 e. The van der Waals surface area contributed by atoms with E-state index in [-0.39, 0.29) is 12.0 Å². The number of para-hydroxylation sites is 1. The molecule has 2 aliphatic rings. The third kappa shape index (κ3) is 2.21. The highest BCUT2D eigenvalue weighted by molar-refractivity contribution is 5.71. The van der Waals surface area contributed by atoms with Crippen molar-refractivity contribution in [2.24, 2.45) is 5.92 Å². The third-order valence-electron chi connectivity index (χ3n) is 4.46. The van der Waals surface area contributed by atoms with E-state index in [1.54, 1.807) is 0 Å². The number of likely N-dealkylation sites (tertiary alicyclic amines) is 1. The summed E-state index contributed by atoms with van der Waals surface area (Å²) in [5.41, 5.74) is 1.26. The predicted octanol–water partition coefficient (Wildman–Crippen LogP) is 1.96. The first-order valence-electron chi connectivity index (χ1n) is 6.85. The standard InChI is InChI=1S/C15H19NO3/c1-10-12(15(17)18)6-7-16(10)8-11-9-19-14-5-3-2-4-13(11)14/h2-5,10-12H,6-9H2,1H3,(H,17,18). The molecule has 1 fully saturated rings. The van der Waals surface area contributed by atoms with Crippen LogP contribution in [0.3, 0.4) is 0 Å². The summed E-state index contributed by atoms with van der Waals surface area (Å²) >= 11 is 0. The van der Waals surface area contributed by atoms with Crippen LogP contribution in [0.1, 0.15) is 24.8 Å². The molecule has 0 saturated carbocycles. The van der Waals surface area contributed by atoms with Gasteiger partial charge in [-0.25, -0.2) is 0 Å². The molecule has 0 aromatic heterocycles. The molecule has 0 aliphatic carbocycles. The number of hydrogen-bond acceptors (Lipinski definition) is 3. The lowest BCUT2D eigenvalue weighted by atomic mass is 9.99. The molecule has 2 aliphatic heterocycles. The summed E-state index contributed by atoms with van der Waals surface area (Å²) in [4.78, 5) is 13.4. The summed E-state index contributed by atoms with van der Waals surface area (Å²) < 4.78 is 5.69. The number of nitrogens with zero attached hydrogens (tertiary/aromatic N) is 1. The highest BCUT2D eigenvalue weighted by Crippen LogP contribution is 2.35. The highest BCUT2D eigenvalue weighted by atomic mass is 16.5. The Balaban J connectivity index is 1.69. The molecule has 3 unspecified atom stereocenters. The second-order valence-electron chi connectivity index (χ2n) is 5.51. The van der Waals surface area contributed by atoms with Gasteiger partial charge in [-0.05, 0) is 26.0 Å². The first-order chi connectivity index (χ1) is 9.16. The Morgan fingerprint density at radius 2 is 2.26 bits per heavy atom. The van der Waals surface area contributed by atoms with Crippen LogP contribution in [0, 0.1) is 5.92 Å². The molecule has 1 aromatic carbocycles. The van der Waals surface area contributed by atoms with E-state index in [0.29, 0.717) is 12.5 Å². The topological polar surface area (TPSA) is 49.8 Å². The Morgan fingerprint density at radius 1 is 1.47 bits per heavy atom. The highest BCUT2D eigenvalue weighted by Gasteiger charge is 2.37. The lowest BCUT2D eigenvalue weighted by Crippen LogP contribution is -2.36. The van der Waals surface area contributed by atoms with Gasteiger partial charge >= 0.3 is 5.97 Å². The van der Waals surface area contributed by atoms with Gasteiger partial charge in [0, 0.05) is 24.1 Å². The van der Waals surface area contributed by atoms with Crippen molar-refractivity contribution in [1.29, 1.82) is 0 Å². The van der Waals surface area contributed by atoms with E-state index in [9.17, 15) is 4.79 Å². The van der Waals surface area contributed by atoms with Crippen LogP contribution in [0.4, 0.5) is 0 Å². The SMILES string of the molecule is CC1C(C(=O)O)CCN1CC1COc2ccccc21. The molecule has 0 amide bonds. The Morgan fingerprint density at radius 3 is 3.00 bits per heavy atom. The van der Waals surface area contributed by atoms with Gasteiger partial charge in [-0.15, -0.1) is 0 Å². The van der Waals surface area contributed by atoms with E-state index >= 15 is 0 Å². The maximum Gasteiger partial charge on any atom is 0.308 e. The molecule has 3 atom stereocenters. The predicted molar refractivity (Wildman–Crippen MR) is 71.5 cm³/mol. The summed E-state index contributed by atoms with van der Waals surface area (Å²) in [6, 6.07) is 8.25. The Bertz CT molecular complexity index is 488. The summed E-state index contributed by atoms with van der Waals surface area (Å²) in [6.07, 6.45) is 0.756. The Labute approximate surface area is 113 Å². The van der Waals surface area contributed by atoms with Crippen molar-refractivity contribution in [2.45, 2.75) is 25.3 Å². The van der Waals surface area contributed by atoms with E-state index < -0.39 is 5.97 Å². The molecule has 0 spiro atoms. The van der Waals surface area contributed by atoms with Crippen molar-refractivity contribution < 1.29 is 14.6 Å². The largest absolute Gasteiger partial charge is 0.493 e. The van der Waals surface area contributed by atoms with E-state index in [1.807, 2.05) is 25.1 Å². The molecule has 0 radical (unpaired) electrons. The number of carboxylic acids is 1. The quantitative estimate of drug-likeness (QED) is 0.903. The minimum absolute atomic E-state index is 0.116. The van der Waals surface area contributed by atoms with Gasteiger partial charge in [0.2, 0.25) is 0 Å². The van der Waals surface area contributed by atoms with Crippen molar-refractivity contribution in [1.82, 2.24) is 4.90 Å². The van der Waals surface area contributed by atoms with E-state index in [4.69, 9.17) is 9.84 Å². The third-order valence-corrected chi connectivity index (χ3v) is 4.46. The fourth-order valence-electron chi connectivity index (χ4n) is 3.26. The number of fused-ring (bicyclic) bond motifs is 1. The van der Waals surface area contributed by atoms with Crippen LogP contribution in [0.15, 0.2) is 24.3 Å². The fourth-order valence-corrected chi connectivity index (χ4v) is 3.26. The summed E-state index contributed by atoms with van der Waals surface area (Å²) in [5, 5.41) is 9.17. The minimum Gasteiger partial charge on any atom is -0.493 e. The zero-order valence-corrected chi connectivity index (χ0v) is 11.1. The molecule has 1 N–H and O–H groups in total. The van der Waals surface area contributed by atoms with Gasteiger partial charge in [0.1, 0.15) is 5.75 Å². The second-order valence-corrected chi connectivity index (χ2v) is 5.51. The number of rotatable bonds is 3. The summed E-state index contributed by atoms with van der Waals surface area (Å²) in [7, 11) is 0. The molecular weight excluding hydrogens is 242 g/mol. The molecule has 102 valence electrons. The molecule has 1 aromatic rings. The molecule has 19 heavy (non-hydrogen) atoms. The van der Waals surface area contributed by atoms with Crippen LogP contribution >= 0.6 is 0 Å². The maximum atomic E-state index is 11.1. The monoisotopic (exact) mass is 261 g/mol. The van der Waals surface area contributed by atoms with Gasteiger partial charge in [-0.1, -0.05) is 18.2 Å². The van der Waals surface area contributed by atoms with Crippen LogP contribution in [-0.2, 0) is 4.79 Å². The molecule has 0 bridgehead atoms.